The first-order chi connectivity index (χ1) is 6.81. The Bertz CT molecular complexity index is 376. The molecule has 0 aliphatic heterocycles. The fraction of sp³-hybridized carbons (Fsp3) is 0.333. The predicted octanol–water partition coefficient (Wildman–Crippen LogP) is 1.48. The van der Waals surface area contributed by atoms with E-state index in [2.05, 4.69) is 23.4 Å². The molecule has 1 aromatic rings. The molecule has 1 aliphatic carbocycles. The van der Waals surface area contributed by atoms with E-state index in [9.17, 15) is 0 Å². The number of benzene rings is 1. The number of terminal acetylenes is 1. The summed E-state index contributed by atoms with van der Waals surface area (Å²) in [4.78, 5) is 0. The van der Waals surface area contributed by atoms with Gasteiger partial charge in [-0.2, -0.15) is 0 Å². The van der Waals surface area contributed by atoms with Crippen molar-refractivity contribution in [2.45, 2.75) is 18.9 Å². The highest BCUT2D eigenvalue weighted by Gasteiger charge is 2.21. The molecular formula is C12H14N2. The second kappa shape index (κ2) is 3.73. The zero-order valence-electron chi connectivity index (χ0n) is 8.09. The molecule has 0 heterocycles. The minimum absolute atomic E-state index is 0.418. The second-order valence-electron chi connectivity index (χ2n) is 3.63. The lowest BCUT2D eigenvalue weighted by molar-refractivity contribution is 0.568. The quantitative estimate of drug-likeness (QED) is 0.542. The van der Waals surface area contributed by atoms with Crippen molar-refractivity contribution in [1.82, 2.24) is 5.32 Å². The lowest BCUT2D eigenvalue weighted by Gasteiger charge is -2.11. The first-order valence-electron chi connectivity index (χ1n) is 4.86. The van der Waals surface area contributed by atoms with Gasteiger partial charge in [0.15, 0.2) is 0 Å². The average Bonchev–Trinajstić information content (AvgIpc) is 2.57. The molecule has 0 aromatic heterocycles. The molecule has 1 aliphatic rings. The van der Waals surface area contributed by atoms with Crippen LogP contribution in [0.3, 0.4) is 0 Å². The molecule has 2 nitrogen and oxygen atoms in total. The van der Waals surface area contributed by atoms with Crippen LogP contribution in [0.25, 0.3) is 0 Å². The molecule has 0 fully saturated rings. The third kappa shape index (κ3) is 1.59. The van der Waals surface area contributed by atoms with Crippen molar-refractivity contribution < 1.29 is 0 Å². The molecule has 0 radical (unpaired) electrons. The van der Waals surface area contributed by atoms with Crippen LogP contribution in [0.5, 0.6) is 0 Å². The molecular weight excluding hydrogens is 172 g/mol. The summed E-state index contributed by atoms with van der Waals surface area (Å²) in [6.45, 7) is 0.633. The predicted molar refractivity (Wildman–Crippen MR) is 58.8 cm³/mol. The topological polar surface area (TPSA) is 38.0 Å². The van der Waals surface area contributed by atoms with Crippen molar-refractivity contribution in [3.63, 3.8) is 0 Å². The van der Waals surface area contributed by atoms with Gasteiger partial charge in [-0.15, -0.1) is 6.42 Å². The number of rotatable bonds is 2. The maximum atomic E-state index is 5.72. The van der Waals surface area contributed by atoms with Gasteiger partial charge in [0, 0.05) is 11.7 Å². The van der Waals surface area contributed by atoms with Crippen molar-refractivity contribution >= 4 is 5.69 Å². The van der Waals surface area contributed by atoms with E-state index in [1.807, 2.05) is 6.07 Å². The van der Waals surface area contributed by atoms with Gasteiger partial charge < -0.3 is 5.73 Å². The number of nitrogens with one attached hydrogen (secondary N) is 1. The molecule has 0 saturated heterocycles. The minimum atomic E-state index is 0.418. The van der Waals surface area contributed by atoms with Crippen molar-refractivity contribution in [2.24, 2.45) is 0 Å². The summed E-state index contributed by atoms with van der Waals surface area (Å²) in [6, 6.07) is 6.54. The maximum Gasteiger partial charge on any atom is 0.0578 e. The van der Waals surface area contributed by atoms with Gasteiger partial charge in [0.05, 0.1) is 6.54 Å². The highest BCUT2D eigenvalue weighted by Crippen LogP contribution is 2.31. The van der Waals surface area contributed by atoms with Crippen LogP contribution in [0.15, 0.2) is 18.2 Å². The minimum Gasteiger partial charge on any atom is -0.399 e. The van der Waals surface area contributed by atoms with Crippen molar-refractivity contribution in [3.05, 3.63) is 29.3 Å². The molecule has 0 bridgehead atoms. The Balaban J connectivity index is 2.19. The Hall–Kier alpha value is -1.46. The van der Waals surface area contributed by atoms with Gasteiger partial charge in [-0.25, -0.2) is 0 Å². The number of hydrogen-bond donors (Lipinski definition) is 2. The van der Waals surface area contributed by atoms with Gasteiger partial charge in [0.1, 0.15) is 0 Å². The summed E-state index contributed by atoms with van der Waals surface area (Å²) in [5.41, 5.74) is 9.29. The third-order valence-electron chi connectivity index (χ3n) is 2.70. The van der Waals surface area contributed by atoms with Gasteiger partial charge in [0.2, 0.25) is 0 Å². The van der Waals surface area contributed by atoms with E-state index in [1.165, 1.54) is 11.1 Å². The summed E-state index contributed by atoms with van der Waals surface area (Å²) in [5.74, 6) is 2.60. The van der Waals surface area contributed by atoms with Crippen LogP contribution >= 0.6 is 0 Å². The Morgan fingerprint density at radius 3 is 3.21 bits per heavy atom. The summed E-state index contributed by atoms with van der Waals surface area (Å²) in [5, 5.41) is 3.33. The largest absolute Gasteiger partial charge is 0.399 e. The molecule has 3 N–H and O–H groups in total. The number of nitrogen functional groups attached to an aromatic ring is 1. The molecule has 72 valence electrons. The number of hydrogen-bond acceptors (Lipinski definition) is 2. The first kappa shape index (κ1) is 9.11. The van der Waals surface area contributed by atoms with E-state index in [0.717, 1.165) is 18.5 Å². The van der Waals surface area contributed by atoms with E-state index < -0.39 is 0 Å². The van der Waals surface area contributed by atoms with Crippen LogP contribution in [0.1, 0.15) is 23.6 Å². The monoisotopic (exact) mass is 186 g/mol. The van der Waals surface area contributed by atoms with E-state index in [-0.39, 0.29) is 0 Å². The summed E-state index contributed by atoms with van der Waals surface area (Å²) >= 11 is 0. The molecule has 0 amide bonds. The SMILES string of the molecule is C#CCNC1CCc2cc(N)ccc21. The van der Waals surface area contributed by atoms with E-state index >= 15 is 0 Å². The number of fused-ring (bicyclic) bond motifs is 1. The van der Waals surface area contributed by atoms with Gasteiger partial charge >= 0.3 is 0 Å². The Morgan fingerprint density at radius 1 is 1.57 bits per heavy atom. The maximum absolute atomic E-state index is 5.72. The molecule has 14 heavy (non-hydrogen) atoms. The van der Waals surface area contributed by atoms with Crippen LogP contribution in [-0.4, -0.2) is 6.54 Å². The van der Waals surface area contributed by atoms with E-state index in [4.69, 9.17) is 12.2 Å². The standard InChI is InChI=1S/C12H14N2/c1-2-7-14-12-6-3-9-8-10(13)4-5-11(9)12/h1,4-5,8,12,14H,3,6-7,13H2. The molecule has 1 aromatic carbocycles. The molecule has 2 heteroatoms. The normalized spacial score (nSPS) is 18.9. The average molecular weight is 186 g/mol. The van der Waals surface area contributed by atoms with Crippen LogP contribution < -0.4 is 11.1 Å². The summed E-state index contributed by atoms with van der Waals surface area (Å²) in [7, 11) is 0. The molecule has 0 spiro atoms. The Morgan fingerprint density at radius 2 is 2.43 bits per heavy atom. The lowest BCUT2D eigenvalue weighted by Crippen LogP contribution is -2.19. The van der Waals surface area contributed by atoms with Crippen LogP contribution in [-0.2, 0) is 6.42 Å². The van der Waals surface area contributed by atoms with Crippen LogP contribution in [0.2, 0.25) is 0 Å². The highest BCUT2D eigenvalue weighted by molar-refractivity contribution is 5.47. The van der Waals surface area contributed by atoms with E-state index in [1.54, 1.807) is 0 Å². The molecule has 1 unspecified atom stereocenters. The van der Waals surface area contributed by atoms with E-state index in [0.29, 0.717) is 12.6 Å². The fourth-order valence-corrected chi connectivity index (χ4v) is 2.03. The van der Waals surface area contributed by atoms with Gasteiger partial charge in [0.25, 0.3) is 0 Å². The fourth-order valence-electron chi connectivity index (χ4n) is 2.03. The first-order valence-corrected chi connectivity index (χ1v) is 4.86. The van der Waals surface area contributed by atoms with Gasteiger partial charge in [-0.3, -0.25) is 5.32 Å². The van der Waals surface area contributed by atoms with Crippen molar-refractivity contribution in [3.8, 4) is 12.3 Å². The third-order valence-corrected chi connectivity index (χ3v) is 2.70. The zero-order valence-corrected chi connectivity index (χ0v) is 8.09. The molecule has 0 saturated carbocycles. The molecule has 1 atom stereocenters. The number of nitrogens with two attached hydrogens (primary N) is 1. The summed E-state index contributed by atoms with van der Waals surface area (Å²) < 4.78 is 0. The Kier molecular flexibility index (Phi) is 2.43. The number of aryl methyl sites for hydroxylation is 1. The van der Waals surface area contributed by atoms with Gasteiger partial charge in [-0.1, -0.05) is 12.0 Å². The highest BCUT2D eigenvalue weighted by atomic mass is 14.9. The second-order valence-corrected chi connectivity index (χ2v) is 3.63. The zero-order chi connectivity index (χ0) is 9.97. The smallest absolute Gasteiger partial charge is 0.0578 e. The van der Waals surface area contributed by atoms with Crippen LogP contribution in [0, 0.1) is 12.3 Å². The lowest BCUT2D eigenvalue weighted by atomic mass is 10.1. The van der Waals surface area contributed by atoms with Gasteiger partial charge in [-0.05, 0) is 36.1 Å². The molecule has 2 rings (SSSR count). The number of anilines is 1. The summed E-state index contributed by atoms with van der Waals surface area (Å²) in [6.07, 6.45) is 7.44. The Labute approximate surface area is 84.5 Å². The van der Waals surface area contributed by atoms with Crippen LogP contribution in [0.4, 0.5) is 5.69 Å². The van der Waals surface area contributed by atoms with Crippen molar-refractivity contribution in [1.29, 1.82) is 0 Å². The van der Waals surface area contributed by atoms with Crippen molar-refractivity contribution in [2.75, 3.05) is 12.3 Å².